The van der Waals surface area contributed by atoms with Gasteiger partial charge in [-0.1, -0.05) is 49.1 Å². The van der Waals surface area contributed by atoms with Crippen LogP contribution in [-0.4, -0.2) is 46.3 Å². The van der Waals surface area contributed by atoms with E-state index in [0.717, 1.165) is 18.4 Å². The number of hydrogen-bond donors (Lipinski definition) is 2. The third kappa shape index (κ3) is 2.38. The van der Waals surface area contributed by atoms with Gasteiger partial charge in [-0.15, -0.1) is 0 Å². The molecule has 3 fully saturated rings. The SMILES string of the molecule is Cc1ccc([C@@H]2[C@H]3CN(C4CCCCC4)C(=O)[C@]3(O)NN2C)cc1. The number of aliphatic hydroxyl groups is 1. The largest absolute Gasteiger partial charge is 0.366 e. The van der Waals surface area contributed by atoms with E-state index in [4.69, 9.17) is 0 Å². The van der Waals surface area contributed by atoms with Crippen LogP contribution in [0.1, 0.15) is 49.3 Å². The number of carbonyl (C=O) groups is 1. The van der Waals surface area contributed by atoms with Crippen molar-refractivity contribution in [3.05, 3.63) is 35.4 Å². The van der Waals surface area contributed by atoms with Crippen LogP contribution in [0.4, 0.5) is 0 Å². The average molecular weight is 329 g/mol. The Bertz CT molecular complexity index is 626. The number of amides is 1. The van der Waals surface area contributed by atoms with Crippen LogP contribution >= 0.6 is 0 Å². The van der Waals surface area contributed by atoms with E-state index in [-0.39, 0.29) is 17.9 Å². The Morgan fingerprint density at radius 1 is 1.17 bits per heavy atom. The van der Waals surface area contributed by atoms with Crippen molar-refractivity contribution >= 4 is 5.91 Å². The van der Waals surface area contributed by atoms with Gasteiger partial charge in [-0.05, 0) is 25.3 Å². The van der Waals surface area contributed by atoms with Crippen molar-refractivity contribution in [1.82, 2.24) is 15.3 Å². The van der Waals surface area contributed by atoms with Crippen molar-refractivity contribution in [2.75, 3.05) is 13.6 Å². The molecule has 5 nitrogen and oxygen atoms in total. The first-order valence-electron chi connectivity index (χ1n) is 9.11. The topological polar surface area (TPSA) is 55.8 Å². The molecule has 1 aliphatic carbocycles. The molecule has 1 saturated carbocycles. The summed E-state index contributed by atoms with van der Waals surface area (Å²) in [5.41, 5.74) is 3.98. The lowest BCUT2D eigenvalue weighted by atomic mass is 9.88. The molecule has 2 saturated heterocycles. The first-order valence-corrected chi connectivity index (χ1v) is 9.11. The first-order chi connectivity index (χ1) is 11.5. The number of fused-ring (bicyclic) bond motifs is 1. The molecule has 0 radical (unpaired) electrons. The van der Waals surface area contributed by atoms with Gasteiger partial charge in [-0.25, -0.2) is 10.4 Å². The molecule has 1 aromatic rings. The third-order valence-corrected chi connectivity index (χ3v) is 6.10. The van der Waals surface area contributed by atoms with Crippen LogP contribution in [0.2, 0.25) is 0 Å². The second-order valence-electron chi connectivity index (χ2n) is 7.70. The number of carbonyl (C=O) groups excluding carboxylic acids is 1. The lowest BCUT2D eigenvalue weighted by Gasteiger charge is -2.33. The van der Waals surface area contributed by atoms with Crippen molar-refractivity contribution in [1.29, 1.82) is 0 Å². The molecule has 1 amide bonds. The van der Waals surface area contributed by atoms with Gasteiger partial charge < -0.3 is 10.0 Å². The molecule has 2 heterocycles. The van der Waals surface area contributed by atoms with Gasteiger partial charge in [0.2, 0.25) is 5.72 Å². The number of rotatable bonds is 2. The lowest BCUT2D eigenvalue weighted by molar-refractivity contribution is -0.151. The van der Waals surface area contributed by atoms with E-state index in [1.54, 1.807) is 0 Å². The van der Waals surface area contributed by atoms with Crippen LogP contribution < -0.4 is 5.43 Å². The van der Waals surface area contributed by atoms with Gasteiger partial charge in [0, 0.05) is 19.6 Å². The van der Waals surface area contributed by atoms with E-state index in [2.05, 4.69) is 36.6 Å². The molecule has 0 bridgehead atoms. The van der Waals surface area contributed by atoms with Gasteiger partial charge in [0.15, 0.2) is 0 Å². The predicted molar refractivity (Wildman–Crippen MR) is 91.8 cm³/mol. The van der Waals surface area contributed by atoms with Gasteiger partial charge in [0.25, 0.3) is 5.91 Å². The fourth-order valence-corrected chi connectivity index (χ4v) is 4.80. The minimum atomic E-state index is -1.46. The van der Waals surface area contributed by atoms with Crippen LogP contribution in [-0.2, 0) is 4.79 Å². The maximum Gasteiger partial charge on any atom is 0.271 e. The number of hydrazine groups is 1. The van der Waals surface area contributed by atoms with Crippen LogP contribution in [0.15, 0.2) is 24.3 Å². The van der Waals surface area contributed by atoms with Gasteiger partial charge >= 0.3 is 0 Å². The Labute approximate surface area is 143 Å². The molecule has 2 N–H and O–H groups in total. The van der Waals surface area contributed by atoms with Crippen molar-refractivity contribution in [3.63, 3.8) is 0 Å². The average Bonchev–Trinajstić information content (AvgIpc) is 2.98. The molecule has 5 heteroatoms. The first kappa shape index (κ1) is 16.1. The second-order valence-corrected chi connectivity index (χ2v) is 7.70. The maximum absolute atomic E-state index is 13.0. The van der Waals surface area contributed by atoms with E-state index < -0.39 is 5.72 Å². The highest BCUT2D eigenvalue weighted by Crippen LogP contribution is 2.46. The van der Waals surface area contributed by atoms with Crippen LogP contribution in [0, 0.1) is 12.8 Å². The molecule has 2 aliphatic heterocycles. The monoisotopic (exact) mass is 329 g/mol. The number of nitrogens with one attached hydrogen (secondary N) is 1. The smallest absolute Gasteiger partial charge is 0.271 e. The highest BCUT2D eigenvalue weighted by atomic mass is 16.3. The molecular weight excluding hydrogens is 302 g/mol. The second kappa shape index (κ2) is 5.83. The number of benzene rings is 1. The van der Waals surface area contributed by atoms with Gasteiger partial charge in [-0.3, -0.25) is 4.79 Å². The van der Waals surface area contributed by atoms with E-state index in [1.807, 2.05) is 17.0 Å². The van der Waals surface area contributed by atoms with Crippen molar-refractivity contribution in [2.45, 2.75) is 56.8 Å². The highest BCUT2D eigenvalue weighted by molar-refractivity contribution is 5.88. The number of nitrogens with zero attached hydrogens (tertiary/aromatic N) is 2. The molecule has 3 atom stereocenters. The highest BCUT2D eigenvalue weighted by Gasteiger charge is 2.62. The zero-order valence-electron chi connectivity index (χ0n) is 14.5. The van der Waals surface area contributed by atoms with E-state index in [0.29, 0.717) is 12.6 Å². The summed E-state index contributed by atoms with van der Waals surface area (Å²) in [5, 5.41) is 13.0. The third-order valence-electron chi connectivity index (χ3n) is 6.10. The van der Waals surface area contributed by atoms with E-state index in [9.17, 15) is 9.90 Å². The summed E-state index contributed by atoms with van der Waals surface area (Å²) in [4.78, 5) is 14.9. The number of hydrogen-bond acceptors (Lipinski definition) is 4. The summed E-state index contributed by atoms with van der Waals surface area (Å²) in [6.45, 7) is 2.70. The number of aryl methyl sites for hydroxylation is 1. The molecule has 24 heavy (non-hydrogen) atoms. The van der Waals surface area contributed by atoms with E-state index in [1.165, 1.54) is 24.8 Å². The zero-order valence-corrected chi connectivity index (χ0v) is 14.5. The van der Waals surface area contributed by atoms with Gasteiger partial charge in [-0.2, -0.15) is 0 Å². The van der Waals surface area contributed by atoms with Crippen molar-refractivity contribution in [3.8, 4) is 0 Å². The Morgan fingerprint density at radius 2 is 1.83 bits per heavy atom. The molecule has 1 aromatic carbocycles. The fourth-order valence-electron chi connectivity index (χ4n) is 4.80. The normalized spacial score (nSPS) is 34.8. The summed E-state index contributed by atoms with van der Waals surface area (Å²) in [6.07, 6.45) is 5.77. The van der Waals surface area contributed by atoms with Crippen molar-refractivity contribution < 1.29 is 9.90 Å². The Morgan fingerprint density at radius 3 is 2.50 bits per heavy atom. The summed E-state index contributed by atoms with van der Waals surface area (Å²) in [6, 6.07) is 8.71. The van der Waals surface area contributed by atoms with Crippen LogP contribution in [0.5, 0.6) is 0 Å². The van der Waals surface area contributed by atoms with Gasteiger partial charge in [0.05, 0.1) is 12.0 Å². The fraction of sp³-hybridized carbons (Fsp3) is 0.632. The summed E-state index contributed by atoms with van der Waals surface area (Å²) >= 11 is 0. The standard InChI is InChI=1S/C19H27N3O2/c1-13-8-10-14(11-9-13)17-16-12-22(15-6-4-3-5-7-15)18(23)19(16,24)20-21(17)2/h8-11,15-17,20,24H,3-7,12H2,1-2H3/t16-,17-,19+/m1/s1. The molecule has 130 valence electrons. The number of likely N-dealkylation sites (tertiary alicyclic amines) is 1. The summed E-state index contributed by atoms with van der Waals surface area (Å²) in [7, 11) is 1.92. The Hall–Kier alpha value is -1.43. The Balaban J connectivity index is 1.63. The van der Waals surface area contributed by atoms with E-state index >= 15 is 0 Å². The quantitative estimate of drug-likeness (QED) is 0.871. The zero-order chi connectivity index (χ0) is 16.9. The minimum Gasteiger partial charge on any atom is -0.366 e. The summed E-state index contributed by atoms with van der Waals surface area (Å²) < 4.78 is 0. The molecule has 0 aromatic heterocycles. The summed E-state index contributed by atoms with van der Waals surface area (Å²) in [5.74, 6) is -0.277. The molecule has 0 spiro atoms. The van der Waals surface area contributed by atoms with Crippen LogP contribution in [0.3, 0.4) is 0 Å². The predicted octanol–water partition coefficient (Wildman–Crippen LogP) is 1.97. The minimum absolute atomic E-state index is 0.00754. The molecule has 4 rings (SSSR count). The molecular formula is C19H27N3O2. The van der Waals surface area contributed by atoms with Crippen LogP contribution in [0.25, 0.3) is 0 Å². The Kier molecular flexibility index (Phi) is 3.90. The maximum atomic E-state index is 13.0. The van der Waals surface area contributed by atoms with Gasteiger partial charge in [0.1, 0.15) is 0 Å². The lowest BCUT2D eigenvalue weighted by Crippen LogP contribution is -2.54. The molecule has 3 aliphatic rings. The molecule has 0 unspecified atom stereocenters. The van der Waals surface area contributed by atoms with Crippen molar-refractivity contribution in [2.24, 2.45) is 5.92 Å².